The Kier molecular flexibility index (Phi) is 6.36. The van der Waals surface area contributed by atoms with Gasteiger partial charge in [0.15, 0.2) is 0 Å². The van der Waals surface area contributed by atoms with Crippen molar-refractivity contribution in [3.8, 4) is 11.3 Å². The summed E-state index contributed by atoms with van der Waals surface area (Å²) in [5.74, 6) is -1.58. The lowest BCUT2D eigenvalue weighted by atomic mass is 9.93. The highest BCUT2D eigenvalue weighted by molar-refractivity contribution is 5.94. The van der Waals surface area contributed by atoms with Crippen molar-refractivity contribution in [3.05, 3.63) is 64.7 Å². The third kappa shape index (κ3) is 4.52. The van der Waals surface area contributed by atoms with Gasteiger partial charge in [-0.25, -0.2) is 4.79 Å². The Morgan fingerprint density at radius 1 is 1.14 bits per heavy atom. The first-order valence-corrected chi connectivity index (χ1v) is 12.1. The summed E-state index contributed by atoms with van der Waals surface area (Å²) < 4.78 is 54.0. The summed E-state index contributed by atoms with van der Waals surface area (Å²) in [5, 5.41) is 4.50. The molecule has 1 aliphatic heterocycles. The van der Waals surface area contributed by atoms with Gasteiger partial charge in [-0.3, -0.25) is 9.48 Å². The highest BCUT2D eigenvalue weighted by Gasteiger charge is 2.45. The molecule has 7 nitrogen and oxygen atoms in total. The van der Waals surface area contributed by atoms with Crippen LogP contribution in [0.2, 0.25) is 0 Å². The van der Waals surface area contributed by atoms with E-state index in [-0.39, 0.29) is 41.9 Å². The fourth-order valence-electron chi connectivity index (χ4n) is 5.06. The van der Waals surface area contributed by atoms with E-state index in [4.69, 9.17) is 9.15 Å². The van der Waals surface area contributed by atoms with Crippen LogP contribution >= 0.6 is 0 Å². The van der Waals surface area contributed by atoms with E-state index in [1.165, 1.54) is 6.92 Å². The number of aromatic nitrogens is 2. The smallest absolute Gasteiger partial charge is 0.421 e. The average molecular weight is 502 g/mol. The average Bonchev–Trinajstić information content (AvgIpc) is 3.46. The van der Waals surface area contributed by atoms with Crippen LogP contribution in [0.3, 0.4) is 0 Å². The largest absolute Gasteiger partial charge is 0.460 e. The lowest BCUT2D eigenvalue weighted by Crippen LogP contribution is -2.39. The molecule has 1 saturated heterocycles. The van der Waals surface area contributed by atoms with Crippen molar-refractivity contribution in [2.75, 3.05) is 19.7 Å². The first-order chi connectivity index (χ1) is 17.3. The van der Waals surface area contributed by atoms with Crippen LogP contribution in [-0.4, -0.2) is 46.3 Å². The number of fused-ring (bicyclic) bond motifs is 3. The van der Waals surface area contributed by atoms with Gasteiger partial charge < -0.3 is 14.1 Å². The number of likely N-dealkylation sites (tertiary alicyclic amines) is 1. The lowest BCUT2D eigenvalue weighted by molar-refractivity contribution is -0.138. The van der Waals surface area contributed by atoms with Gasteiger partial charge in [0.05, 0.1) is 17.9 Å². The van der Waals surface area contributed by atoms with E-state index in [0.29, 0.717) is 37.2 Å². The van der Waals surface area contributed by atoms with Crippen molar-refractivity contribution in [1.82, 2.24) is 14.7 Å². The van der Waals surface area contributed by atoms with E-state index in [1.807, 2.05) is 23.1 Å². The summed E-state index contributed by atoms with van der Waals surface area (Å²) >= 11 is 0. The third-order valence-electron chi connectivity index (χ3n) is 6.79. The van der Waals surface area contributed by atoms with Crippen molar-refractivity contribution in [2.24, 2.45) is 5.92 Å². The number of hydrogen-bond donors (Lipinski definition) is 0. The molecular weight excluding hydrogens is 475 g/mol. The zero-order valence-electron chi connectivity index (χ0n) is 19.8. The number of carbonyl (C=O) groups is 2. The molecule has 0 radical (unpaired) electrons. The molecule has 1 aliphatic carbocycles. The van der Waals surface area contributed by atoms with Gasteiger partial charge >= 0.3 is 12.1 Å². The number of carbonyl (C=O) groups excluding carboxylic acids is 2. The summed E-state index contributed by atoms with van der Waals surface area (Å²) in [7, 11) is 0. The summed E-state index contributed by atoms with van der Waals surface area (Å²) in [6.45, 7) is 3.24. The Balaban J connectivity index is 1.34. The van der Waals surface area contributed by atoms with Crippen molar-refractivity contribution < 1.29 is 31.9 Å². The van der Waals surface area contributed by atoms with Crippen LogP contribution in [0.5, 0.6) is 0 Å². The molecule has 5 rings (SSSR count). The lowest BCUT2D eigenvalue weighted by Gasteiger charge is -2.32. The molecule has 0 atom stereocenters. The number of ether oxygens (including phenoxy) is 1. The minimum atomic E-state index is -4.80. The van der Waals surface area contributed by atoms with Crippen molar-refractivity contribution in [1.29, 1.82) is 0 Å². The van der Waals surface area contributed by atoms with Crippen LogP contribution in [0.1, 0.15) is 57.6 Å². The number of halogens is 3. The van der Waals surface area contributed by atoms with Crippen LogP contribution in [-0.2, 0) is 30.3 Å². The minimum absolute atomic E-state index is 0.00757. The Morgan fingerprint density at radius 2 is 1.86 bits per heavy atom. The number of hydrogen-bond acceptors (Lipinski definition) is 5. The zero-order chi connectivity index (χ0) is 25.4. The fraction of sp³-hybridized carbons (Fsp3) is 0.423. The van der Waals surface area contributed by atoms with Crippen molar-refractivity contribution in [2.45, 2.75) is 45.3 Å². The molecule has 0 spiro atoms. The molecule has 190 valence electrons. The van der Waals surface area contributed by atoms with E-state index < -0.39 is 23.5 Å². The summed E-state index contributed by atoms with van der Waals surface area (Å²) in [6, 6.07) is 9.15. The second kappa shape index (κ2) is 9.48. The van der Waals surface area contributed by atoms with Gasteiger partial charge in [-0.05, 0) is 49.8 Å². The maximum absolute atomic E-state index is 14.0. The Labute approximate surface area is 205 Å². The molecule has 10 heteroatoms. The number of furan rings is 1. The summed E-state index contributed by atoms with van der Waals surface area (Å²) in [6.07, 6.45) is -0.732. The topological polar surface area (TPSA) is 77.6 Å². The highest BCUT2D eigenvalue weighted by atomic mass is 19.4. The fourth-order valence-corrected chi connectivity index (χ4v) is 5.06. The number of esters is 1. The number of rotatable bonds is 5. The van der Waals surface area contributed by atoms with E-state index in [9.17, 15) is 22.8 Å². The first-order valence-electron chi connectivity index (χ1n) is 12.1. The first kappa shape index (κ1) is 24.1. The monoisotopic (exact) mass is 501 g/mol. The molecule has 0 bridgehead atoms. The molecule has 3 heterocycles. The highest BCUT2D eigenvalue weighted by Crippen LogP contribution is 2.46. The van der Waals surface area contributed by atoms with E-state index in [2.05, 4.69) is 5.10 Å². The van der Waals surface area contributed by atoms with Gasteiger partial charge in [0.2, 0.25) is 5.76 Å². The van der Waals surface area contributed by atoms with Crippen LogP contribution in [0.25, 0.3) is 11.3 Å². The van der Waals surface area contributed by atoms with Gasteiger partial charge in [0, 0.05) is 37.8 Å². The Hall–Kier alpha value is -3.56. The van der Waals surface area contributed by atoms with Crippen molar-refractivity contribution in [3.63, 3.8) is 0 Å². The molecular formula is C26H26F3N3O4. The van der Waals surface area contributed by atoms with E-state index >= 15 is 0 Å². The maximum Gasteiger partial charge on any atom is 0.421 e. The maximum atomic E-state index is 14.0. The zero-order valence-corrected chi connectivity index (χ0v) is 19.8. The number of amides is 1. The number of aryl methyl sites for hydroxylation is 2. The van der Waals surface area contributed by atoms with Crippen LogP contribution in [0.4, 0.5) is 13.2 Å². The van der Waals surface area contributed by atoms with Crippen LogP contribution < -0.4 is 0 Å². The standard InChI is InChI=1S/C26H26F3N3O4/c1-2-35-25(34)23-21(26(27,28)29)20-19(36-23)9-8-18-15-32(30-22(18)20)14-16-10-12-31(13-11-16)24(33)17-6-4-3-5-7-17/h3-7,15-16H,2,8-14H2,1H3. The third-order valence-corrected chi connectivity index (χ3v) is 6.79. The van der Waals surface area contributed by atoms with Crippen LogP contribution in [0.15, 0.2) is 40.9 Å². The molecule has 1 amide bonds. The summed E-state index contributed by atoms with van der Waals surface area (Å²) in [5.41, 5.74) is 0.290. The van der Waals surface area contributed by atoms with E-state index in [1.54, 1.807) is 23.0 Å². The minimum Gasteiger partial charge on any atom is -0.460 e. The predicted molar refractivity (Wildman–Crippen MR) is 123 cm³/mol. The normalized spacial score (nSPS) is 15.9. The SMILES string of the molecule is CCOC(=O)c1oc2c(c1C(F)(F)F)-c1nn(CC3CCN(C(=O)c4ccccc4)CC3)cc1CC2. The number of piperidine rings is 1. The molecule has 2 aromatic heterocycles. The van der Waals surface area contributed by atoms with Gasteiger partial charge in [0.1, 0.15) is 11.3 Å². The number of alkyl halides is 3. The van der Waals surface area contributed by atoms with Gasteiger partial charge in [-0.15, -0.1) is 0 Å². The van der Waals surface area contributed by atoms with Gasteiger partial charge in [0.25, 0.3) is 5.91 Å². The second-order valence-electron chi connectivity index (χ2n) is 9.15. The predicted octanol–water partition coefficient (Wildman–Crippen LogP) is 4.99. The van der Waals surface area contributed by atoms with Gasteiger partial charge in [-0.2, -0.15) is 18.3 Å². The Morgan fingerprint density at radius 3 is 2.53 bits per heavy atom. The molecule has 0 unspecified atom stereocenters. The second-order valence-corrected chi connectivity index (χ2v) is 9.15. The van der Waals surface area contributed by atoms with Gasteiger partial charge in [-0.1, -0.05) is 18.2 Å². The number of benzene rings is 1. The molecule has 0 saturated carbocycles. The van der Waals surface area contributed by atoms with Crippen LogP contribution in [0, 0.1) is 5.92 Å². The molecule has 36 heavy (non-hydrogen) atoms. The quantitative estimate of drug-likeness (QED) is 0.461. The summed E-state index contributed by atoms with van der Waals surface area (Å²) in [4.78, 5) is 26.7. The molecule has 0 N–H and O–H groups in total. The molecule has 3 aromatic rings. The Bertz CT molecular complexity index is 1270. The molecule has 1 aromatic carbocycles. The van der Waals surface area contributed by atoms with Crippen molar-refractivity contribution >= 4 is 11.9 Å². The molecule has 1 fully saturated rings. The van der Waals surface area contributed by atoms with E-state index in [0.717, 1.165) is 12.8 Å². The molecule has 2 aliphatic rings. The number of nitrogens with zero attached hydrogens (tertiary/aromatic N) is 3.